The van der Waals surface area contributed by atoms with Crippen LogP contribution in [0.4, 0.5) is 4.79 Å². The van der Waals surface area contributed by atoms with E-state index in [-0.39, 0.29) is 24.5 Å². The molecule has 3 aromatic rings. The number of carbonyl (C=O) groups is 3. The Kier molecular flexibility index (Phi) is 5.19. The number of urea groups is 1. The molecule has 7 nitrogen and oxygen atoms in total. The molecule has 164 valence electrons. The van der Waals surface area contributed by atoms with Gasteiger partial charge in [-0.05, 0) is 40.8 Å². The monoisotopic (exact) mass is 448 g/mol. The van der Waals surface area contributed by atoms with Gasteiger partial charge in [-0.2, -0.15) is 0 Å². The molecule has 1 N–H and O–H groups in total. The molecule has 2 saturated heterocycles. The summed E-state index contributed by atoms with van der Waals surface area (Å²) in [5.41, 5.74) is -0.332. The van der Waals surface area contributed by atoms with Crippen molar-refractivity contribution in [3.05, 3.63) is 70.4 Å². The number of thiophene rings is 1. The molecule has 8 heteroatoms. The first kappa shape index (κ1) is 20.7. The van der Waals surface area contributed by atoms with Gasteiger partial charge in [0.1, 0.15) is 5.54 Å². The number of carbonyl (C=O) groups excluding carboxylic acids is 3. The van der Waals surface area contributed by atoms with Crippen LogP contribution in [-0.2, 0) is 10.3 Å². The Morgan fingerprint density at radius 2 is 1.75 bits per heavy atom. The Morgan fingerprint density at radius 3 is 2.47 bits per heavy atom. The Balaban J connectivity index is 1.27. The maximum Gasteiger partial charge on any atom is 0.326 e. The van der Waals surface area contributed by atoms with Crippen molar-refractivity contribution in [2.24, 2.45) is 0 Å². The van der Waals surface area contributed by atoms with E-state index in [0.29, 0.717) is 26.2 Å². The van der Waals surface area contributed by atoms with Crippen molar-refractivity contribution in [1.29, 1.82) is 0 Å². The maximum atomic E-state index is 13.3. The molecule has 1 unspecified atom stereocenters. The van der Waals surface area contributed by atoms with Gasteiger partial charge in [-0.3, -0.25) is 14.5 Å². The minimum absolute atomic E-state index is 0.0403. The van der Waals surface area contributed by atoms with Crippen molar-refractivity contribution < 1.29 is 14.4 Å². The number of piperazine rings is 1. The van der Waals surface area contributed by atoms with Crippen LogP contribution in [-0.4, -0.2) is 65.4 Å². The fourth-order valence-electron chi connectivity index (χ4n) is 4.37. The molecule has 4 amide bonds. The third-order valence-electron chi connectivity index (χ3n) is 6.33. The van der Waals surface area contributed by atoms with Crippen molar-refractivity contribution in [1.82, 2.24) is 20.0 Å². The lowest BCUT2D eigenvalue weighted by atomic mass is 9.90. The highest BCUT2D eigenvalue weighted by atomic mass is 32.1. The van der Waals surface area contributed by atoms with E-state index in [2.05, 4.69) is 5.32 Å². The minimum Gasteiger partial charge on any atom is -0.335 e. The lowest BCUT2D eigenvalue weighted by molar-refractivity contribution is -0.132. The first-order chi connectivity index (χ1) is 15.5. The molecule has 1 aromatic heterocycles. The molecule has 1 atom stereocenters. The zero-order valence-corrected chi connectivity index (χ0v) is 18.6. The molecule has 0 saturated carbocycles. The third-order valence-corrected chi connectivity index (χ3v) is 7.19. The Bertz CT molecular complexity index is 1190. The quantitative estimate of drug-likeness (QED) is 0.623. The van der Waals surface area contributed by atoms with Gasteiger partial charge in [0.15, 0.2) is 0 Å². The third kappa shape index (κ3) is 3.55. The van der Waals surface area contributed by atoms with Crippen molar-refractivity contribution in [3.8, 4) is 0 Å². The van der Waals surface area contributed by atoms with E-state index in [1.54, 1.807) is 6.92 Å². The Labute approximate surface area is 190 Å². The number of benzene rings is 2. The van der Waals surface area contributed by atoms with Crippen LogP contribution in [0.5, 0.6) is 0 Å². The van der Waals surface area contributed by atoms with Gasteiger partial charge in [0.25, 0.3) is 11.8 Å². The molecule has 0 radical (unpaired) electrons. The molecule has 0 spiro atoms. The van der Waals surface area contributed by atoms with Crippen LogP contribution in [0.2, 0.25) is 0 Å². The standard InChI is InChI=1S/C24H24N4O3S/c1-24(19-9-8-17-5-2-3-6-18(17)15-19)22(30)28(23(31)25-24)16-26-10-12-27(13-11-26)21(29)20-7-4-14-32-20/h2-9,14-15H,10-13,16H2,1H3,(H,25,31). The van der Waals surface area contributed by atoms with Crippen LogP contribution in [0.1, 0.15) is 22.2 Å². The van der Waals surface area contributed by atoms with Crippen molar-refractivity contribution in [2.45, 2.75) is 12.5 Å². The molecule has 2 aliphatic heterocycles. The lowest BCUT2D eigenvalue weighted by Crippen LogP contribution is -2.52. The largest absolute Gasteiger partial charge is 0.335 e. The average molecular weight is 449 g/mol. The van der Waals surface area contributed by atoms with E-state index in [9.17, 15) is 14.4 Å². The predicted octanol–water partition coefficient (Wildman–Crippen LogP) is 3.08. The number of amides is 4. The Hall–Kier alpha value is -3.23. The van der Waals surface area contributed by atoms with Gasteiger partial charge in [-0.15, -0.1) is 11.3 Å². The van der Waals surface area contributed by atoms with E-state index >= 15 is 0 Å². The van der Waals surface area contributed by atoms with Gasteiger partial charge in [0, 0.05) is 26.2 Å². The maximum absolute atomic E-state index is 13.3. The zero-order valence-electron chi connectivity index (χ0n) is 17.8. The van der Waals surface area contributed by atoms with Gasteiger partial charge in [-0.1, -0.05) is 42.5 Å². The SMILES string of the molecule is CC1(c2ccc3ccccc3c2)NC(=O)N(CN2CCN(C(=O)c3cccs3)CC2)C1=O. The first-order valence-electron chi connectivity index (χ1n) is 10.6. The molecule has 2 fully saturated rings. The number of rotatable bonds is 4. The molecule has 0 bridgehead atoms. The predicted molar refractivity (Wildman–Crippen MR) is 123 cm³/mol. The van der Waals surface area contributed by atoms with Crippen molar-refractivity contribution in [2.75, 3.05) is 32.8 Å². The van der Waals surface area contributed by atoms with Crippen LogP contribution in [0.25, 0.3) is 10.8 Å². The molecular formula is C24H24N4O3S. The highest BCUT2D eigenvalue weighted by molar-refractivity contribution is 7.12. The van der Waals surface area contributed by atoms with Crippen LogP contribution >= 0.6 is 11.3 Å². The topological polar surface area (TPSA) is 73.0 Å². The summed E-state index contributed by atoms with van der Waals surface area (Å²) in [6.07, 6.45) is 0. The van der Waals surface area contributed by atoms with E-state index < -0.39 is 5.54 Å². The summed E-state index contributed by atoms with van der Waals surface area (Å²) >= 11 is 1.44. The fraction of sp³-hybridized carbons (Fsp3) is 0.292. The number of nitrogens with one attached hydrogen (secondary N) is 1. The van der Waals surface area contributed by atoms with Gasteiger partial charge >= 0.3 is 6.03 Å². The second-order valence-electron chi connectivity index (χ2n) is 8.38. The normalized spacial score (nSPS) is 21.9. The van der Waals surface area contributed by atoms with Gasteiger partial charge in [0.2, 0.25) is 0 Å². The first-order valence-corrected chi connectivity index (χ1v) is 11.5. The molecule has 0 aliphatic carbocycles. The van der Waals surface area contributed by atoms with E-state index in [4.69, 9.17) is 0 Å². The minimum atomic E-state index is -1.10. The summed E-state index contributed by atoms with van der Waals surface area (Å²) in [7, 11) is 0. The zero-order chi connectivity index (χ0) is 22.3. The molecule has 3 heterocycles. The van der Waals surface area contributed by atoms with Crippen LogP contribution in [0.3, 0.4) is 0 Å². The number of nitrogens with zero attached hydrogens (tertiary/aromatic N) is 3. The highest BCUT2D eigenvalue weighted by Gasteiger charge is 2.49. The molecule has 5 rings (SSSR count). The molecule has 32 heavy (non-hydrogen) atoms. The van der Waals surface area contributed by atoms with Crippen molar-refractivity contribution in [3.63, 3.8) is 0 Å². The smallest absolute Gasteiger partial charge is 0.326 e. The van der Waals surface area contributed by atoms with Gasteiger partial charge < -0.3 is 10.2 Å². The van der Waals surface area contributed by atoms with Crippen LogP contribution in [0.15, 0.2) is 60.0 Å². The summed E-state index contributed by atoms with van der Waals surface area (Å²) in [5.74, 6) is -0.214. The average Bonchev–Trinajstić information content (AvgIpc) is 3.43. The fourth-order valence-corrected chi connectivity index (χ4v) is 5.06. The number of imide groups is 1. The molecule has 2 aliphatic rings. The number of fused-ring (bicyclic) bond motifs is 1. The van der Waals surface area contributed by atoms with Crippen molar-refractivity contribution >= 4 is 40.0 Å². The van der Waals surface area contributed by atoms with Crippen LogP contribution in [0, 0.1) is 0 Å². The summed E-state index contributed by atoms with van der Waals surface area (Å²) in [6.45, 7) is 4.34. The summed E-state index contributed by atoms with van der Waals surface area (Å²) in [6, 6.07) is 17.1. The van der Waals surface area contributed by atoms with E-state index in [1.165, 1.54) is 16.2 Å². The second kappa shape index (κ2) is 8.03. The van der Waals surface area contributed by atoms with Crippen LogP contribution < -0.4 is 5.32 Å². The molecular weight excluding hydrogens is 424 g/mol. The summed E-state index contributed by atoms with van der Waals surface area (Å²) < 4.78 is 0. The summed E-state index contributed by atoms with van der Waals surface area (Å²) in [5, 5.41) is 6.90. The molecule has 2 aromatic carbocycles. The highest BCUT2D eigenvalue weighted by Crippen LogP contribution is 2.31. The van der Waals surface area contributed by atoms with E-state index in [1.807, 2.05) is 69.8 Å². The van der Waals surface area contributed by atoms with E-state index in [0.717, 1.165) is 21.2 Å². The number of hydrogen-bond acceptors (Lipinski definition) is 5. The lowest BCUT2D eigenvalue weighted by Gasteiger charge is -2.35. The second-order valence-corrected chi connectivity index (χ2v) is 9.33. The summed E-state index contributed by atoms with van der Waals surface area (Å²) in [4.78, 5) is 44.5. The number of hydrogen-bond donors (Lipinski definition) is 1. The van der Waals surface area contributed by atoms with Gasteiger partial charge in [-0.25, -0.2) is 9.69 Å². The van der Waals surface area contributed by atoms with Gasteiger partial charge in [0.05, 0.1) is 11.5 Å². The Morgan fingerprint density at radius 1 is 1.00 bits per heavy atom.